The van der Waals surface area contributed by atoms with Crippen LogP contribution in [0.15, 0.2) is 59.6 Å². The van der Waals surface area contributed by atoms with E-state index in [1.807, 2.05) is 30.0 Å². The molecule has 3 nitrogen and oxygen atoms in total. The Morgan fingerprint density at radius 1 is 1.04 bits per heavy atom. The van der Waals surface area contributed by atoms with Crippen molar-refractivity contribution in [2.75, 3.05) is 33.5 Å². The lowest BCUT2D eigenvalue weighted by Crippen LogP contribution is -2.14. The Kier molecular flexibility index (Phi) is 5.38. The SMILES string of the molecule is COc1ccc(-c2cc3ccccc3nc2SCCN(C)C)cc1. The molecule has 0 aliphatic rings. The molecular formula is C20H22N2OS. The van der Waals surface area contributed by atoms with E-state index in [0.29, 0.717) is 0 Å². The normalized spacial score (nSPS) is 11.2. The van der Waals surface area contributed by atoms with Crippen LogP contribution >= 0.6 is 11.8 Å². The van der Waals surface area contributed by atoms with Crippen molar-refractivity contribution < 1.29 is 4.74 Å². The lowest BCUT2D eigenvalue weighted by Gasteiger charge is -2.13. The molecule has 0 fully saturated rings. The Bertz CT molecular complexity index is 815. The molecule has 124 valence electrons. The number of benzene rings is 2. The summed E-state index contributed by atoms with van der Waals surface area (Å²) in [6, 6.07) is 18.7. The van der Waals surface area contributed by atoms with Crippen LogP contribution in [0.25, 0.3) is 22.0 Å². The molecule has 24 heavy (non-hydrogen) atoms. The van der Waals surface area contributed by atoms with Crippen molar-refractivity contribution in [1.82, 2.24) is 9.88 Å². The Hall–Kier alpha value is -2.04. The van der Waals surface area contributed by atoms with Gasteiger partial charge in [0.25, 0.3) is 0 Å². The molecule has 0 saturated carbocycles. The second kappa shape index (κ2) is 7.69. The maximum atomic E-state index is 5.27. The van der Waals surface area contributed by atoms with Gasteiger partial charge in [-0.05, 0) is 43.9 Å². The Morgan fingerprint density at radius 3 is 2.50 bits per heavy atom. The maximum Gasteiger partial charge on any atom is 0.118 e. The zero-order chi connectivity index (χ0) is 16.9. The molecule has 0 aliphatic heterocycles. The number of rotatable bonds is 6. The zero-order valence-corrected chi connectivity index (χ0v) is 15.1. The fraction of sp³-hybridized carbons (Fsp3) is 0.250. The number of ether oxygens (including phenoxy) is 1. The van der Waals surface area contributed by atoms with Crippen LogP contribution in [0.4, 0.5) is 0 Å². The topological polar surface area (TPSA) is 25.4 Å². The average molecular weight is 338 g/mol. The Morgan fingerprint density at radius 2 is 1.79 bits per heavy atom. The van der Waals surface area contributed by atoms with E-state index in [2.05, 4.69) is 55.4 Å². The van der Waals surface area contributed by atoms with Crippen molar-refractivity contribution in [3.8, 4) is 16.9 Å². The van der Waals surface area contributed by atoms with Gasteiger partial charge in [-0.1, -0.05) is 30.3 Å². The van der Waals surface area contributed by atoms with E-state index in [0.717, 1.165) is 28.6 Å². The fourth-order valence-electron chi connectivity index (χ4n) is 2.51. The third-order valence-corrected chi connectivity index (χ3v) is 4.84. The largest absolute Gasteiger partial charge is 0.497 e. The fourth-order valence-corrected chi connectivity index (χ4v) is 3.66. The van der Waals surface area contributed by atoms with Gasteiger partial charge in [-0.25, -0.2) is 4.98 Å². The summed E-state index contributed by atoms with van der Waals surface area (Å²) in [6.07, 6.45) is 0. The molecule has 1 heterocycles. The number of aromatic nitrogens is 1. The lowest BCUT2D eigenvalue weighted by atomic mass is 10.1. The molecule has 0 unspecified atom stereocenters. The Balaban J connectivity index is 2.01. The summed E-state index contributed by atoms with van der Waals surface area (Å²) in [5, 5.41) is 2.25. The lowest BCUT2D eigenvalue weighted by molar-refractivity contribution is 0.415. The van der Waals surface area contributed by atoms with Crippen molar-refractivity contribution in [3.05, 3.63) is 54.6 Å². The molecule has 0 aliphatic carbocycles. The van der Waals surface area contributed by atoms with Crippen LogP contribution in [-0.4, -0.2) is 43.4 Å². The van der Waals surface area contributed by atoms with Gasteiger partial charge in [-0.3, -0.25) is 0 Å². The molecule has 0 spiro atoms. The minimum atomic E-state index is 0.870. The highest BCUT2D eigenvalue weighted by Crippen LogP contribution is 2.33. The van der Waals surface area contributed by atoms with Gasteiger partial charge in [0.2, 0.25) is 0 Å². The van der Waals surface area contributed by atoms with Gasteiger partial charge in [0.1, 0.15) is 10.8 Å². The van der Waals surface area contributed by atoms with Gasteiger partial charge in [0, 0.05) is 23.2 Å². The number of thioether (sulfide) groups is 1. The van der Waals surface area contributed by atoms with E-state index in [1.54, 1.807) is 7.11 Å². The first kappa shape index (κ1) is 16.8. The van der Waals surface area contributed by atoms with E-state index in [4.69, 9.17) is 9.72 Å². The molecule has 3 aromatic rings. The number of pyridine rings is 1. The van der Waals surface area contributed by atoms with Gasteiger partial charge in [0.05, 0.1) is 12.6 Å². The van der Waals surface area contributed by atoms with E-state index in [-0.39, 0.29) is 0 Å². The average Bonchev–Trinajstić information content (AvgIpc) is 2.61. The van der Waals surface area contributed by atoms with Crippen LogP contribution in [0.3, 0.4) is 0 Å². The number of hydrogen-bond acceptors (Lipinski definition) is 4. The first-order valence-corrected chi connectivity index (χ1v) is 8.97. The first-order valence-electron chi connectivity index (χ1n) is 7.99. The van der Waals surface area contributed by atoms with Gasteiger partial charge in [0.15, 0.2) is 0 Å². The highest BCUT2D eigenvalue weighted by molar-refractivity contribution is 7.99. The standard InChI is InChI=1S/C20H22N2OS/c1-22(2)12-13-24-20-18(15-8-10-17(23-3)11-9-15)14-16-6-4-5-7-19(16)21-20/h4-11,14H,12-13H2,1-3H3. The van der Waals surface area contributed by atoms with Gasteiger partial charge in [-0.15, -0.1) is 11.8 Å². The van der Waals surface area contributed by atoms with Crippen LogP contribution in [-0.2, 0) is 0 Å². The quantitative estimate of drug-likeness (QED) is 0.615. The van der Waals surface area contributed by atoms with E-state index < -0.39 is 0 Å². The van der Waals surface area contributed by atoms with E-state index >= 15 is 0 Å². The number of hydrogen-bond donors (Lipinski definition) is 0. The summed E-state index contributed by atoms with van der Waals surface area (Å²) in [5.41, 5.74) is 3.39. The molecule has 0 amide bonds. The summed E-state index contributed by atoms with van der Waals surface area (Å²) in [7, 11) is 5.88. The minimum Gasteiger partial charge on any atom is -0.497 e. The molecule has 0 bridgehead atoms. The Labute approximate surface area is 147 Å². The van der Waals surface area contributed by atoms with Crippen LogP contribution in [0.2, 0.25) is 0 Å². The molecule has 0 saturated heterocycles. The van der Waals surface area contributed by atoms with Crippen molar-refractivity contribution >= 4 is 22.7 Å². The summed E-state index contributed by atoms with van der Waals surface area (Å²) < 4.78 is 5.27. The van der Waals surface area contributed by atoms with Crippen LogP contribution in [0.5, 0.6) is 5.75 Å². The predicted molar refractivity (Wildman–Crippen MR) is 103 cm³/mol. The van der Waals surface area contributed by atoms with Crippen LogP contribution < -0.4 is 4.74 Å². The van der Waals surface area contributed by atoms with Gasteiger partial charge >= 0.3 is 0 Å². The molecular weight excluding hydrogens is 316 g/mol. The van der Waals surface area contributed by atoms with Crippen molar-refractivity contribution in [2.45, 2.75) is 5.03 Å². The highest BCUT2D eigenvalue weighted by Gasteiger charge is 2.10. The van der Waals surface area contributed by atoms with Crippen LogP contribution in [0.1, 0.15) is 0 Å². The minimum absolute atomic E-state index is 0.870. The van der Waals surface area contributed by atoms with Crippen LogP contribution in [0, 0.1) is 0 Å². The smallest absolute Gasteiger partial charge is 0.118 e. The number of methoxy groups -OCH3 is 1. The van der Waals surface area contributed by atoms with Crippen molar-refractivity contribution in [3.63, 3.8) is 0 Å². The second-order valence-corrected chi connectivity index (χ2v) is 7.00. The maximum absolute atomic E-state index is 5.27. The predicted octanol–water partition coefficient (Wildman–Crippen LogP) is 4.56. The molecule has 1 aromatic heterocycles. The molecule has 0 atom stereocenters. The van der Waals surface area contributed by atoms with Gasteiger partial charge in [-0.2, -0.15) is 0 Å². The third-order valence-electron chi connectivity index (χ3n) is 3.87. The summed E-state index contributed by atoms with van der Waals surface area (Å²) in [4.78, 5) is 7.10. The number of para-hydroxylation sites is 1. The van der Waals surface area contributed by atoms with Crippen molar-refractivity contribution in [2.24, 2.45) is 0 Å². The molecule has 0 N–H and O–H groups in total. The second-order valence-electron chi connectivity index (χ2n) is 5.91. The summed E-state index contributed by atoms with van der Waals surface area (Å²) in [6.45, 7) is 1.03. The van der Waals surface area contributed by atoms with Gasteiger partial charge < -0.3 is 9.64 Å². The summed E-state index contributed by atoms with van der Waals surface area (Å²) >= 11 is 1.81. The summed E-state index contributed by atoms with van der Waals surface area (Å²) in [5.74, 6) is 1.89. The molecule has 4 heteroatoms. The molecule has 3 rings (SSSR count). The third kappa shape index (κ3) is 3.89. The highest BCUT2D eigenvalue weighted by atomic mass is 32.2. The van der Waals surface area contributed by atoms with E-state index in [9.17, 15) is 0 Å². The molecule has 2 aromatic carbocycles. The number of fused-ring (bicyclic) bond motifs is 1. The van der Waals surface area contributed by atoms with E-state index in [1.165, 1.54) is 16.5 Å². The monoisotopic (exact) mass is 338 g/mol. The zero-order valence-electron chi connectivity index (χ0n) is 14.3. The molecule has 0 radical (unpaired) electrons. The first-order chi connectivity index (χ1) is 11.7. The van der Waals surface area contributed by atoms with Crippen molar-refractivity contribution in [1.29, 1.82) is 0 Å². The number of nitrogens with zero attached hydrogens (tertiary/aromatic N) is 2.